The van der Waals surface area contributed by atoms with Crippen molar-refractivity contribution in [2.45, 2.75) is 81.6 Å². The van der Waals surface area contributed by atoms with Crippen molar-refractivity contribution in [1.82, 2.24) is 54.0 Å². The number of benzene rings is 3. The van der Waals surface area contributed by atoms with Gasteiger partial charge in [-0.1, -0.05) is 71.9 Å². The van der Waals surface area contributed by atoms with Crippen LogP contribution in [-0.2, 0) is 81.2 Å². The van der Waals surface area contributed by atoms with Gasteiger partial charge in [-0.25, -0.2) is 47.9 Å². The molecule has 83 heavy (non-hydrogen) atoms. The van der Waals surface area contributed by atoms with Gasteiger partial charge in [0.05, 0.1) is 90.0 Å². The first-order valence-corrected chi connectivity index (χ1v) is 31.5. The van der Waals surface area contributed by atoms with Crippen molar-refractivity contribution in [1.29, 1.82) is 0 Å². The van der Waals surface area contributed by atoms with Crippen molar-refractivity contribution < 1.29 is 64.5 Å². The van der Waals surface area contributed by atoms with Crippen molar-refractivity contribution in [2.24, 2.45) is 0 Å². The van der Waals surface area contributed by atoms with Crippen molar-refractivity contribution in [3.63, 3.8) is 0 Å². The van der Waals surface area contributed by atoms with E-state index in [1.165, 1.54) is 34.4 Å². The lowest BCUT2D eigenvalue weighted by Gasteiger charge is -2.30. The summed E-state index contributed by atoms with van der Waals surface area (Å²) in [5.41, 5.74) is 19.3. The molecule has 434 valence electrons. The van der Waals surface area contributed by atoms with Crippen molar-refractivity contribution >= 4 is 78.8 Å². The number of halogens is 2. The van der Waals surface area contributed by atoms with Crippen LogP contribution in [0.5, 0.6) is 0 Å². The highest BCUT2D eigenvalue weighted by atomic mass is 32.7. The number of nitrogens with zero attached hydrogens (tertiary/aromatic N) is 12. The predicted octanol–water partition coefficient (Wildman–Crippen LogP) is 5.94. The molecule has 32 heteroatoms. The van der Waals surface area contributed by atoms with Gasteiger partial charge in [-0.2, -0.15) is 0 Å². The quantitative estimate of drug-likeness (QED) is 0.0642. The smallest absolute Gasteiger partial charge is 0.382 e. The number of amides is 1. The van der Waals surface area contributed by atoms with Gasteiger partial charge in [0, 0.05) is 23.8 Å². The molecule has 3 saturated heterocycles. The summed E-state index contributed by atoms with van der Waals surface area (Å²) >= 11 is 0.761. The van der Waals surface area contributed by atoms with E-state index in [0.29, 0.717) is 57.4 Å². The molecule has 4 aliphatic heterocycles. The van der Waals surface area contributed by atoms with Crippen LogP contribution in [0.1, 0.15) is 36.1 Å². The number of carbonyl (C=O) groups is 1. The van der Waals surface area contributed by atoms with E-state index in [-0.39, 0.29) is 52.2 Å². The summed E-state index contributed by atoms with van der Waals surface area (Å²) in [7, 11) is -3.07. The largest absolute Gasteiger partial charge is 0.389 e. The topological polar surface area (TPSA) is 307 Å². The highest BCUT2D eigenvalue weighted by Gasteiger charge is 2.55. The molecule has 10 atom stereocenters. The van der Waals surface area contributed by atoms with Crippen molar-refractivity contribution in [2.75, 3.05) is 62.6 Å². The van der Waals surface area contributed by atoms with E-state index in [1.54, 1.807) is 11.8 Å². The van der Waals surface area contributed by atoms with Gasteiger partial charge in [-0.3, -0.25) is 27.5 Å². The number of alkyl halides is 2. The summed E-state index contributed by atoms with van der Waals surface area (Å²) in [6, 6.07) is 23.0. The molecule has 0 bridgehead atoms. The molecule has 9 heterocycles. The fourth-order valence-corrected chi connectivity index (χ4v) is 14.8. The second kappa shape index (κ2) is 24.1. The van der Waals surface area contributed by atoms with Crippen LogP contribution in [0.3, 0.4) is 0 Å². The molecule has 1 amide bonds. The molecular weight excluding hydrogens is 1140 g/mol. The molecular formula is C51H55BF2N14O12P2S. The molecule has 26 nitrogen and oxygen atoms in total. The number of carbonyl (C=O) groups excluding carboxylic acids is 1. The number of fused-ring (bicyclic) bond motifs is 9. The predicted molar refractivity (Wildman–Crippen MR) is 299 cm³/mol. The number of nitrogens with two attached hydrogens (primary N) is 2. The van der Waals surface area contributed by atoms with Crippen LogP contribution < -0.4 is 16.4 Å². The van der Waals surface area contributed by atoms with Gasteiger partial charge in [0.15, 0.2) is 47.7 Å². The SMILES string of the molecule is B[P@]1(=O)OC[C@H]2O[C@@H](n3cnc4c(N)ncnc43)[C@H](F)[C@@H]2O[P@@](=O)(SCc2ccc(COCCOCCOCCn3nnc4c3-c3ccccc3CN(C(C)=O)c3ccccc3-4)cc2)OC[C@H]2O[C@@H](n3cnc4c(N)ncnc43)[C@H](F)[C@@H]2O1. The monoisotopic (exact) mass is 1200 g/mol. The molecule has 4 aliphatic rings. The number of imidazole rings is 2. The van der Waals surface area contributed by atoms with Crippen LogP contribution in [0.15, 0.2) is 98.1 Å². The third kappa shape index (κ3) is 11.8. The zero-order valence-electron chi connectivity index (χ0n) is 44.6. The average Bonchev–Trinajstić information content (AvgIpc) is 4.18. The van der Waals surface area contributed by atoms with Gasteiger partial charge in [-0.05, 0) is 34.1 Å². The molecule has 3 aromatic carbocycles. The van der Waals surface area contributed by atoms with Crippen LogP contribution in [-0.4, -0.2) is 151 Å². The lowest BCUT2D eigenvalue weighted by atomic mass is 9.95. The first-order chi connectivity index (χ1) is 40.2. The van der Waals surface area contributed by atoms with E-state index in [4.69, 9.17) is 53.2 Å². The average molecular weight is 1200 g/mol. The van der Waals surface area contributed by atoms with Crippen LogP contribution >= 0.6 is 25.7 Å². The Balaban J connectivity index is 0.658. The molecule has 0 aliphatic carbocycles. The maximum atomic E-state index is 17.0. The van der Waals surface area contributed by atoms with Gasteiger partial charge in [0.2, 0.25) is 5.91 Å². The highest BCUT2D eigenvalue weighted by Crippen LogP contribution is 2.65. The van der Waals surface area contributed by atoms with Gasteiger partial charge in [-0.15, -0.1) is 5.10 Å². The van der Waals surface area contributed by atoms with E-state index in [2.05, 4.69) is 40.2 Å². The number of rotatable bonds is 16. The Hall–Kier alpha value is -6.66. The van der Waals surface area contributed by atoms with Crippen LogP contribution in [0.25, 0.3) is 44.8 Å². The van der Waals surface area contributed by atoms with Crippen LogP contribution in [0.2, 0.25) is 0 Å². The molecule has 0 saturated carbocycles. The Labute approximate surface area is 477 Å². The molecule has 8 aromatic rings. The van der Waals surface area contributed by atoms with Crippen molar-refractivity contribution in [3.05, 3.63) is 115 Å². The van der Waals surface area contributed by atoms with Crippen molar-refractivity contribution in [3.8, 4) is 22.5 Å². The number of hydrogen-bond donors (Lipinski definition) is 2. The van der Waals surface area contributed by atoms with E-state index in [1.807, 2.05) is 77.5 Å². The Bertz CT molecular complexity index is 3760. The lowest BCUT2D eigenvalue weighted by Crippen LogP contribution is -2.37. The maximum Gasteiger partial charge on any atom is 0.389 e. The fraction of sp³-hybridized carbons (Fsp3) is 0.392. The zero-order chi connectivity index (χ0) is 57.4. The molecule has 0 unspecified atom stereocenters. The minimum atomic E-state index is -4.49. The number of nitrogen functional groups attached to an aromatic ring is 2. The third-order valence-corrected chi connectivity index (χ3v) is 19.2. The second-order valence-corrected chi connectivity index (χ2v) is 25.8. The first kappa shape index (κ1) is 56.8. The standard InChI is InChI=1S/C51H55BF2N14O12P2S/c1-29(69)65-20-32-6-2-3-7-33(32)43-40(34-8-4-5-9-35(34)65)63-64-68(43)14-15-72-16-17-73-18-19-74-21-30-10-12-31(13-11-30)24-83-82(71)76-23-37-44(38(53)50(78-37)66-27-61-41-46(55)57-25-59-48(41)66)79-81(52,70)75-22-36-45(80-82)39(54)51(77-36)67-28-62-42-47(56)58-26-60-49(42)67/h2-13,25-28,36-39,44-45,50-51H,14-24,52H2,1H3,(H2,55,57,59)(H2,56,58,60)/t36-,37-,38-,39-,44-,45-,50-,51-,81+,82+/m1/s1. The van der Waals surface area contributed by atoms with E-state index < -0.39 is 76.7 Å². The molecule has 3 fully saturated rings. The van der Waals surface area contributed by atoms with Gasteiger partial charge < -0.3 is 49.1 Å². The highest BCUT2D eigenvalue weighted by molar-refractivity contribution is 8.54. The van der Waals surface area contributed by atoms with Gasteiger partial charge >= 0.3 is 6.80 Å². The number of anilines is 3. The molecule has 12 rings (SSSR count). The van der Waals surface area contributed by atoms with Gasteiger partial charge in [0.25, 0.3) is 15.0 Å². The number of ether oxygens (including phenoxy) is 5. The minimum absolute atomic E-state index is 0.0442. The number of aromatic nitrogens is 11. The Kier molecular flexibility index (Phi) is 16.5. The third-order valence-electron chi connectivity index (χ3n) is 14.3. The fourth-order valence-electron chi connectivity index (χ4n) is 10.3. The summed E-state index contributed by atoms with van der Waals surface area (Å²) in [5.74, 6) is 0.0721. The van der Waals surface area contributed by atoms with Crippen LogP contribution in [0.4, 0.5) is 26.1 Å². The van der Waals surface area contributed by atoms with Crippen LogP contribution in [0, 0.1) is 0 Å². The lowest BCUT2D eigenvalue weighted by molar-refractivity contribution is -0.116. The summed E-state index contributed by atoms with van der Waals surface area (Å²) in [6.07, 6.45) is -8.13. The normalized spacial score (nSPS) is 26.3. The second-order valence-electron chi connectivity index (χ2n) is 19.8. The molecule has 0 spiro atoms. The van der Waals surface area contributed by atoms with E-state index in [9.17, 15) is 9.36 Å². The Morgan fingerprint density at radius 1 is 0.723 bits per heavy atom. The Morgan fingerprint density at radius 3 is 1.96 bits per heavy atom. The number of para-hydroxylation sites is 1. The summed E-state index contributed by atoms with van der Waals surface area (Å²) in [6.45, 7) is -1.35. The van der Waals surface area contributed by atoms with E-state index in [0.717, 1.165) is 52.6 Å². The minimum Gasteiger partial charge on any atom is -0.382 e. The zero-order valence-corrected chi connectivity index (χ0v) is 47.2. The molecule has 0 radical (unpaired) electrons. The number of hydrogen-bond acceptors (Lipinski definition) is 23. The summed E-state index contributed by atoms with van der Waals surface area (Å²) in [5, 5.41) is 9.09. The molecule has 5 aromatic heterocycles. The molecule has 4 N–H and O–H groups in total. The first-order valence-electron chi connectivity index (χ1n) is 26.4. The summed E-state index contributed by atoms with van der Waals surface area (Å²) in [4.78, 5) is 39.3. The van der Waals surface area contributed by atoms with E-state index >= 15 is 13.3 Å². The maximum absolute atomic E-state index is 17.0. The Morgan fingerprint density at radius 2 is 1.30 bits per heavy atom. The van der Waals surface area contributed by atoms with Gasteiger partial charge in [0.1, 0.15) is 53.8 Å². The summed E-state index contributed by atoms with van der Waals surface area (Å²) < 4.78 is 121.